The van der Waals surface area contributed by atoms with Gasteiger partial charge in [-0.25, -0.2) is 4.90 Å². The number of non-ortho nitro benzene ring substituents is 1. The molecule has 2 heterocycles. The highest BCUT2D eigenvalue weighted by atomic mass is 35.5. The quantitative estimate of drug-likeness (QED) is 0.397. The molecule has 9 nitrogen and oxygen atoms in total. The topological polar surface area (TPSA) is 96.2 Å². The number of hydrogen-bond donors (Lipinski definition) is 0. The lowest BCUT2D eigenvalue weighted by Crippen LogP contribution is -2.52. The van der Waals surface area contributed by atoms with Gasteiger partial charge in [0.2, 0.25) is 5.91 Å². The van der Waals surface area contributed by atoms with E-state index in [9.17, 15) is 19.7 Å². The average molecular weight is 445 g/mol. The van der Waals surface area contributed by atoms with Gasteiger partial charge in [0.05, 0.1) is 36.2 Å². The number of ether oxygens (including phenoxy) is 1. The smallest absolute Gasteiger partial charge is 0.273 e. The van der Waals surface area contributed by atoms with E-state index in [1.807, 2.05) is 29.2 Å². The van der Waals surface area contributed by atoms with Gasteiger partial charge < -0.3 is 9.64 Å². The van der Waals surface area contributed by atoms with Crippen LogP contribution >= 0.6 is 11.6 Å². The number of anilines is 2. The summed E-state index contributed by atoms with van der Waals surface area (Å²) >= 11 is 5.96. The molecule has 2 saturated heterocycles. The molecule has 0 bridgehead atoms. The Morgan fingerprint density at radius 1 is 1.06 bits per heavy atom. The summed E-state index contributed by atoms with van der Waals surface area (Å²) < 4.78 is 5.22. The molecule has 2 amide bonds. The van der Waals surface area contributed by atoms with Crippen molar-refractivity contribution < 1.29 is 19.2 Å². The fourth-order valence-electron chi connectivity index (χ4n) is 4.06. The van der Waals surface area contributed by atoms with Crippen molar-refractivity contribution in [3.05, 3.63) is 57.6 Å². The maximum Gasteiger partial charge on any atom is 0.273 e. The number of hydrogen-bond acceptors (Lipinski definition) is 7. The number of methoxy groups -OCH3 is 1. The van der Waals surface area contributed by atoms with Crippen LogP contribution in [0.1, 0.15) is 6.42 Å². The number of nitrogens with zero attached hydrogens (tertiary/aromatic N) is 4. The Morgan fingerprint density at radius 3 is 2.35 bits per heavy atom. The lowest BCUT2D eigenvalue weighted by molar-refractivity contribution is -0.384. The van der Waals surface area contributed by atoms with Gasteiger partial charge in [0.25, 0.3) is 11.6 Å². The van der Waals surface area contributed by atoms with Crippen molar-refractivity contribution in [1.82, 2.24) is 4.90 Å². The Labute approximate surface area is 183 Å². The van der Waals surface area contributed by atoms with E-state index in [0.717, 1.165) is 23.7 Å². The van der Waals surface area contributed by atoms with Gasteiger partial charge in [-0.2, -0.15) is 0 Å². The van der Waals surface area contributed by atoms with Crippen molar-refractivity contribution in [2.75, 3.05) is 43.1 Å². The maximum absolute atomic E-state index is 13.1. The van der Waals surface area contributed by atoms with Crippen molar-refractivity contribution in [1.29, 1.82) is 0 Å². The number of amides is 2. The standard InChI is InChI=1S/C21H21ClN4O5/c1-31-19-12-16(26(29)30)6-7-17(19)25-20(27)13-18(21(25)28)24-10-8-23(9-11-24)15-4-2-14(22)3-5-15/h2-7,12,18H,8-11,13H2,1H3. The monoisotopic (exact) mass is 444 g/mol. The Morgan fingerprint density at radius 2 is 1.74 bits per heavy atom. The average Bonchev–Trinajstić information content (AvgIpc) is 3.07. The van der Waals surface area contributed by atoms with Gasteiger partial charge in [-0.05, 0) is 30.3 Å². The molecule has 2 aliphatic heterocycles. The van der Waals surface area contributed by atoms with Crippen LogP contribution in [-0.4, -0.2) is 61.0 Å². The van der Waals surface area contributed by atoms with Crippen LogP contribution in [0.15, 0.2) is 42.5 Å². The van der Waals surface area contributed by atoms with Gasteiger partial charge in [-0.15, -0.1) is 0 Å². The molecular weight excluding hydrogens is 424 g/mol. The van der Waals surface area contributed by atoms with E-state index >= 15 is 0 Å². The normalized spacial score (nSPS) is 19.7. The third-order valence-corrected chi connectivity index (χ3v) is 5.94. The number of piperazine rings is 1. The molecule has 0 N–H and O–H groups in total. The molecule has 0 spiro atoms. The van der Waals surface area contributed by atoms with E-state index in [0.29, 0.717) is 18.1 Å². The summed E-state index contributed by atoms with van der Waals surface area (Å²) in [5.74, 6) is -0.566. The van der Waals surface area contributed by atoms with Crippen molar-refractivity contribution >= 4 is 40.5 Å². The van der Waals surface area contributed by atoms with Gasteiger partial charge in [0, 0.05) is 43.0 Å². The van der Waals surface area contributed by atoms with Gasteiger partial charge in [-0.3, -0.25) is 24.6 Å². The second-order valence-corrected chi connectivity index (χ2v) is 7.84. The fraction of sp³-hybridized carbons (Fsp3) is 0.333. The molecule has 31 heavy (non-hydrogen) atoms. The number of nitro groups is 1. The zero-order valence-corrected chi connectivity index (χ0v) is 17.6. The molecule has 2 aromatic rings. The lowest BCUT2D eigenvalue weighted by atomic mass is 10.1. The predicted octanol–water partition coefficient (Wildman–Crippen LogP) is 2.71. The number of halogens is 1. The summed E-state index contributed by atoms with van der Waals surface area (Å²) in [5, 5.41) is 11.7. The highest BCUT2D eigenvalue weighted by Gasteiger charge is 2.44. The van der Waals surface area contributed by atoms with Crippen molar-refractivity contribution in [3.63, 3.8) is 0 Å². The van der Waals surface area contributed by atoms with Crippen LogP contribution in [0.5, 0.6) is 5.75 Å². The van der Waals surface area contributed by atoms with Gasteiger partial charge in [0.1, 0.15) is 5.75 Å². The molecule has 0 saturated carbocycles. The molecule has 1 atom stereocenters. The number of nitro benzene ring substituents is 1. The van der Waals surface area contributed by atoms with Gasteiger partial charge >= 0.3 is 0 Å². The Bertz CT molecular complexity index is 1020. The first kappa shape index (κ1) is 21.1. The minimum atomic E-state index is -0.556. The molecule has 4 rings (SSSR count). The first-order valence-corrected chi connectivity index (χ1v) is 10.2. The summed E-state index contributed by atoms with van der Waals surface area (Å²) in [6.45, 7) is 2.72. The molecule has 2 aliphatic rings. The fourth-order valence-corrected chi connectivity index (χ4v) is 4.19. The summed E-state index contributed by atoms with van der Waals surface area (Å²) in [6, 6.07) is 10.9. The summed E-state index contributed by atoms with van der Waals surface area (Å²) in [4.78, 5) is 41.6. The maximum atomic E-state index is 13.1. The molecule has 162 valence electrons. The number of carbonyl (C=O) groups excluding carboxylic acids is 2. The summed E-state index contributed by atoms with van der Waals surface area (Å²) in [7, 11) is 1.35. The molecule has 10 heteroatoms. The van der Waals surface area contributed by atoms with Crippen LogP contribution in [-0.2, 0) is 9.59 Å². The zero-order chi connectivity index (χ0) is 22.1. The van der Waals surface area contributed by atoms with Crippen molar-refractivity contribution in [2.45, 2.75) is 12.5 Å². The number of imide groups is 1. The van der Waals surface area contributed by atoms with Crippen LogP contribution in [0.3, 0.4) is 0 Å². The van der Waals surface area contributed by atoms with Gasteiger partial charge in [-0.1, -0.05) is 11.6 Å². The van der Waals surface area contributed by atoms with Crippen LogP contribution in [0.4, 0.5) is 17.1 Å². The van der Waals surface area contributed by atoms with Crippen LogP contribution in [0.2, 0.25) is 5.02 Å². The van der Waals surface area contributed by atoms with E-state index in [1.54, 1.807) is 0 Å². The minimum Gasteiger partial charge on any atom is -0.494 e. The molecule has 0 aromatic heterocycles. The summed E-state index contributed by atoms with van der Waals surface area (Å²) in [6.07, 6.45) is 0.0694. The predicted molar refractivity (Wildman–Crippen MR) is 116 cm³/mol. The van der Waals surface area contributed by atoms with E-state index in [2.05, 4.69) is 4.90 Å². The Kier molecular flexibility index (Phi) is 5.79. The lowest BCUT2D eigenvalue weighted by Gasteiger charge is -2.38. The van der Waals surface area contributed by atoms with Crippen molar-refractivity contribution in [3.8, 4) is 5.75 Å². The minimum absolute atomic E-state index is 0.0694. The second kappa shape index (κ2) is 8.52. The van der Waals surface area contributed by atoms with Gasteiger partial charge in [0.15, 0.2) is 0 Å². The van der Waals surface area contributed by atoms with E-state index < -0.39 is 11.0 Å². The van der Waals surface area contributed by atoms with Crippen LogP contribution in [0, 0.1) is 10.1 Å². The molecular formula is C21H21ClN4O5. The Balaban J connectivity index is 1.48. The van der Waals surface area contributed by atoms with E-state index in [4.69, 9.17) is 16.3 Å². The van der Waals surface area contributed by atoms with Crippen LogP contribution in [0.25, 0.3) is 0 Å². The number of rotatable bonds is 5. The first-order chi connectivity index (χ1) is 14.9. The highest BCUT2D eigenvalue weighted by Crippen LogP contribution is 2.36. The molecule has 2 aromatic carbocycles. The Hall–Kier alpha value is -3.17. The first-order valence-electron chi connectivity index (χ1n) is 9.83. The molecule has 0 aliphatic carbocycles. The van der Waals surface area contributed by atoms with E-state index in [1.165, 1.54) is 25.3 Å². The van der Waals surface area contributed by atoms with E-state index in [-0.39, 0.29) is 35.4 Å². The SMILES string of the molecule is COc1cc([N+](=O)[O-])ccc1N1C(=O)CC(N2CCN(c3ccc(Cl)cc3)CC2)C1=O. The third kappa shape index (κ3) is 4.06. The zero-order valence-electron chi connectivity index (χ0n) is 16.9. The molecule has 2 fully saturated rings. The third-order valence-electron chi connectivity index (χ3n) is 5.68. The molecule has 0 radical (unpaired) electrons. The molecule has 1 unspecified atom stereocenters. The number of benzene rings is 2. The number of carbonyl (C=O) groups is 2. The largest absolute Gasteiger partial charge is 0.494 e. The second-order valence-electron chi connectivity index (χ2n) is 7.40. The van der Waals surface area contributed by atoms with Crippen molar-refractivity contribution in [2.24, 2.45) is 0 Å². The van der Waals surface area contributed by atoms with Crippen LogP contribution < -0.4 is 14.5 Å². The highest BCUT2D eigenvalue weighted by molar-refractivity contribution is 6.30. The summed E-state index contributed by atoms with van der Waals surface area (Å²) in [5.41, 5.74) is 1.12.